The van der Waals surface area contributed by atoms with E-state index in [1.807, 2.05) is 6.07 Å². The van der Waals surface area contributed by atoms with Gasteiger partial charge in [0.05, 0.1) is 0 Å². The summed E-state index contributed by atoms with van der Waals surface area (Å²) in [5, 5.41) is 3.92. The van der Waals surface area contributed by atoms with Crippen LogP contribution in [0.5, 0.6) is 0 Å². The number of nitrogens with zero attached hydrogens (tertiary/aromatic N) is 2. The summed E-state index contributed by atoms with van der Waals surface area (Å²) in [6.45, 7) is 1.07. The highest BCUT2D eigenvalue weighted by Gasteiger charge is 2.26. The number of hydrogen-bond donors (Lipinski definition) is 1. The molecule has 3 rings (SSSR count). The molecule has 0 radical (unpaired) electrons. The topological polar surface area (TPSA) is 62.3 Å². The molecule has 2 amide bonds. The van der Waals surface area contributed by atoms with Gasteiger partial charge in [-0.3, -0.25) is 9.59 Å². The van der Waals surface area contributed by atoms with Gasteiger partial charge in [0, 0.05) is 41.3 Å². The van der Waals surface area contributed by atoms with Crippen molar-refractivity contribution in [1.82, 2.24) is 9.88 Å². The number of hydrogen-bond acceptors (Lipinski definition) is 3. The molecular weight excluding hydrogens is 385 g/mol. The molecule has 0 bridgehead atoms. The Hall–Kier alpha value is -2.37. The molecule has 1 aliphatic rings. The number of carbonyl (C=O) groups excluding carboxylic acids is 2. The van der Waals surface area contributed by atoms with Crippen LogP contribution >= 0.6 is 23.2 Å². The van der Waals surface area contributed by atoms with E-state index in [4.69, 9.17) is 23.2 Å². The van der Waals surface area contributed by atoms with E-state index in [9.17, 15) is 9.59 Å². The second-order valence-corrected chi connectivity index (χ2v) is 7.15. The van der Waals surface area contributed by atoms with E-state index >= 15 is 0 Å². The van der Waals surface area contributed by atoms with Crippen molar-refractivity contribution in [2.45, 2.75) is 12.8 Å². The molecule has 1 fully saturated rings. The fourth-order valence-corrected chi connectivity index (χ4v) is 3.30. The number of carbonyl (C=O) groups is 2. The highest BCUT2D eigenvalue weighted by Crippen LogP contribution is 2.23. The zero-order valence-corrected chi connectivity index (χ0v) is 16.1. The molecule has 1 aliphatic heterocycles. The van der Waals surface area contributed by atoms with E-state index in [-0.39, 0.29) is 17.7 Å². The van der Waals surface area contributed by atoms with Crippen molar-refractivity contribution in [3.63, 3.8) is 0 Å². The smallest absolute Gasteiger partial charge is 0.246 e. The van der Waals surface area contributed by atoms with Crippen LogP contribution < -0.4 is 5.32 Å². The summed E-state index contributed by atoms with van der Waals surface area (Å²) in [5.74, 6) is 0.265. The molecule has 0 unspecified atom stereocenters. The van der Waals surface area contributed by atoms with Crippen molar-refractivity contribution in [1.29, 1.82) is 0 Å². The minimum Gasteiger partial charge on any atom is -0.339 e. The van der Waals surface area contributed by atoms with E-state index in [1.54, 1.807) is 47.5 Å². The molecule has 1 N–H and O–H groups in total. The van der Waals surface area contributed by atoms with Gasteiger partial charge < -0.3 is 10.2 Å². The normalized spacial score (nSPS) is 15.1. The van der Waals surface area contributed by atoms with Gasteiger partial charge in [0.1, 0.15) is 5.82 Å². The summed E-state index contributed by atoms with van der Waals surface area (Å²) < 4.78 is 0. The van der Waals surface area contributed by atoms with Crippen LogP contribution in [0.2, 0.25) is 10.0 Å². The number of pyridine rings is 1. The minimum atomic E-state index is -0.123. The lowest BCUT2D eigenvalue weighted by Gasteiger charge is -2.30. The summed E-state index contributed by atoms with van der Waals surface area (Å²) in [5.41, 5.74) is 0.696. The van der Waals surface area contributed by atoms with Gasteiger partial charge in [-0.15, -0.1) is 0 Å². The average molecular weight is 404 g/mol. The van der Waals surface area contributed by atoms with Crippen molar-refractivity contribution < 1.29 is 9.59 Å². The van der Waals surface area contributed by atoms with Gasteiger partial charge in [-0.05, 0) is 54.8 Å². The third-order valence-corrected chi connectivity index (χ3v) is 5.04. The Bertz CT molecular complexity index is 848. The average Bonchev–Trinajstić information content (AvgIpc) is 2.69. The van der Waals surface area contributed by atoms with Crippen LogP contribution in [0.15, 0.2) is 48.7 Å². The molecule has 0 saturated carbocycles. The van der Waals surface area contributed by atoms with E-state index in [0.717, 1.165) is 0 Å². The molecule has 0 spiro atoms. The van der Waals surface area contributed by atoms with Crippen molar-refractivity contribution in [2.24, 2.45) is 5.92 Å². The van der Waals surface area contributed by atoms with E-state index in [0.29, 0.717) is 47.4 Å². The highest BCUT2D eigenvalue weighted by atomic mass is 35.5. The van der Waals surface area contributed by atoms with Crippen molar-refractivity contribution in [3.05, 3.63) is 64.3 Å². The van der Waals surface area contributed by atoms with Crippen LogP contribution in [-0.2, 0) is 9.59 Å². The van der Waals surface area contributed by atoms with Crippen LogP contribution in [0.3, 0.4) is 0 Å². The SMILES string of the molecule is O=C(Nc1ccccn1)C1CCN(C(=O)C=Cc2cc(Cl)ccc2Cl)CC1. The first-order valence-corrected chi connectivity index (χ1v) is 9.42. The first kappa shape index (κ1) is 19.4. The first-order chi connectivity index (χ1) is 13.0. The van der Waals surface area contributed by atoms with Gasteiger partial charge in [0.25, 0.3) is 0 Å². The molecule has 1 aromatic carbocycles. The molecule has 2 aromatic rings. The first-order valence-electron chi connectivity index (χ1n) is 8.67. The Morgan fingerprint density at radius 2 is 1.93 bits per heavy atom. The molecule has 1 aromatic heterocycles. The highest BCUT2D eigenvalue weighted by molar-refractivity contribution is 6.34. The van der Waals surface area contributed by atoms with E-state index < -0.39 is 0 Å². The zero-order chi connectivity index (χ0) is 19.2. The fourth-order valence-electron chi connectivity index (χ4n) is 2.94. The third kappa shape index (κ3) is 5.31. The molecule has 2 heterocycles. The number of piperidine rings is 1. The van der Waals surface area contributed by atoms with Crippen LogP contribution in [0, 0.1) is 5.92 Å². The van der Waals surface area contributed by atoms with Gasteiger partial charge in [-0.2, -0.15) is 0 Å². The van der Waals surface area contributed by atoms with Gasteiger partial charge in [-0.25, -0.2) is 4.98 Å². The molecule has 0 aliphatic carbocycles. The Morgan fingerprint density at radius 1 is 1.15 bits per heavy atom. The lowest BCUT2D eigenvalue weighted by Crippen LogP contribution is -2.40. The molecule has 7 heteroatoms. The van der Waals surface area contributed by atoms with Crippen LogP contribution in [-0.4, -0.2) is 34.8 Å². The molecular formula is C20H19Cl2N3O2. The largest absolute Gasteiger partial charge is 0.339 e. The van der Waals surface area contributed by atoms with Crippen molar-refractivity contribution in [2.75, 3.05) is 18.4 Å². The number of halogens is 2. The second-order valence-electron chi connectivity index (χ2n) is 6.30. The minimum absolute atomic E-state index is 0.0537. The summed E-state index contributed by atoms with van der Waals surface area (Å²) in [6.07, 6.45) is 6.03. The molecule has 0 atom stereocenters. The van der Waals surface area contributed by atoms with Gasteiger partial charge in [-0.1, -0.05) is 29.3 Å². The summed E-state index contributed by atoms with van der Waals surface area (Å²) in [7, 11) is 0. The number of rotatable bonds is 4. The third-order valence-electron chi connectivity index (χ3n) is 4.46. The fraction of sp³-hybridized carbons (Fsp3) is 0.250. The van der Waals surface area contributed by atoms with Gasteiger partial charge in [0.2, 0.25) is 11.8 Å². The standard InChI is InChI=1S/C20H19Cl2N3O2/c21-16-5-6-17(22)15(13-16)4-7-19(26)25-11-8-14(9-12-25)20(27)24-18-3-1-2-10-23-18/h1-7,10,13-14H,8-9,11-12H2,(H,23,24,27). The van der Waals surface area contributed by atoms with Gasteiger partial charge in [0.15, 0.2) is 0 Å². The van der Waals surface area contributed by atoms with Crippen LogP contribution in [0.4, 0.5) is 5.82 Å². The molecule has 5 nitrogen and oxygen atoms in total. The van der Waals surface area contributed by atoms with E-state index in [2.05, 4.69) is 10.3 Å². The Morgan fingerprint density at radius 3 is 2.63 bits per heavy atom. The number of amides is 2. The number of likely N-dealkylation sites (tertiary alicyclic amines) is 1. The maximum Gasteiger partial charge on any atom is 0.246 e. The Kier molecular flexibility index (Phi) is 6.48. The molecule has 27 heavy (non-hydrogen) atoms. The number of anilines is 1. The number of nitrogens with one attached hydrogen (secondary N) is 1. The maximum atomic E-state index is 12.4. The van der Waals surface area contributed by atoms with Crippen LogP contribution in [0.1, 0.15) is 18.4 Å². The van der Waals surface area contributed by atoms with Crippen LogP contribution in [0.25, 0.3) is 6.08 Å². The quantitative estimate of drug-likeness (QED) is 0.774. The predicted molar refractivity (Wildman–Crippen MR) is 108 cm³/mol. The molecule has 140 valence electrons. The van der Waals surface area contributed by atoms with Gasteiger partial charge >= 0.3 is 0 Å². The van der Waals surface area contributed by atoms with Crippen molar-refractivity contribution in [3.8, 4) is 0 Å². The van der Waals surface area contributed by atoms with Crippen molar-refractivity contribution >= 4 is 46.9 Å². The maximum absolute atomic E-state index is 12.4. The monoisotopic (exact) mass is 403 g/mol. The Balaban J connectivity index is 1.52. The Labute approximate surface area is 168 Å². The second kappa shape index (κ2) is 9.02. The zero-order valence-electron chi connectivity index (χ0n) is 14.6. The number of aromatic nitrogens is 1. The number of benzene rings is 1. The summed E-state index contributed by atoms with van der Waals surface area (Å²) >= 11 is 12.1. The molecule has 1 saturated heterocycles. The van der Waals surface area contributed by atoms with E-state index in [1.165, 1.54) is 6.08 Å². The predicted octanol–water partition coefficient (Wildman–Crippen LogP) is 4.28. The lowest BCUT2D eigenvalue weighted by atomic mass is 9.96. The summed E-state index contributed by atoms with van der Waals surface area (Å²) in [6, 6.07) is 10.5. The summed E-state index contributed by atoms with van der Waals surface area (Å²) in [4.78, 5) is 30.5. The lowest BCUT2D eigenvalue weighted by molar-refractivity contribution is -0.130.